The normalized spacial score (nSPS) is 9.88. The van der Waals surface area contributed by atoms with Crippen LogP contribution in [0.1, 0.15) is 41.2 Å². The summed E-state index contributed by atoms with van der Waals surface area (Å²) in [6.45, 7) is 4.48. The van der Waals surface area contributed by atoms with Gasteiger partial charge in [0.2, 0.25) is 0 Å². The molecule has 1 heterocycles. The first kappa shape index (κ1) is 13.8. The van der Waals surface area contributed by atoms with Crippen molar-refractivity contribution in [2.45, 2.75) is 32.7 Å². The first-order valence-corrected chi connectivity index (χ1v) is 6.62. The second-order valence-corrected chi connectivity index (χ2v) is 4.74. The fourth-order valence-electron chi connectivity index (χ4n) is 1.41. The van der Waals surface area contributed by atoms with E-state index in [-0.39, 0.29) is 11.9 Å². The minimum atomic E-state index is -0.00972. The number of hydrogen-bond acceptors (Lipinski definition) is 3. The largest absolute Gasteiger partial charge is 0.349 e. The Balaban J connectivity index is 2.66. The quantitative estimate of drug-likeness (QED) is 0.803. The molecule has 1 aromatic heterocycles. The zero-order valence-electron chi connectivity index (χ0n) is 10.2. The summed E-state index contributed by atoms with van der Waals surface area (Å²) in [4.78, 5) is 13.5. The van der Waals surface area contributed by atoms with Crippen LogP contribution in [-0.2, 0) is 0 Å². The van der Waals surface area contributed by atoms with Crippen LogP contribution in [0.15, 0.2) is 12.1 Å². The van der Waals surface area contributed by atoms with E-state index < -0.39 is 0 Å². The molecule has 0 aliphatic carbocycles. The van der Waals surface area contributed by atoms with E-state index in [4.69, 9.17) is 5.73 Å². The molecular formula is C13H18N2OS. The molecule has 3 N–H and O–H groups in total. The zero-order valence-corrected chi connectivity index (χ0v) is 11.1. The summed E-state index contributed by atoms with van der Waals surface area (Å²) in [6.07, 6.45) is 1.90. The number of nitrogens with two attached hydrogens (primary N) is 1. The minimum absolute atomic E-state index is 0.00972. The van der Waals surface area contributed by atoms with Crippen LogP contribution in [0.4, 0.5) is 0 Å². The van der Waals surface area contributed by atoms with E-state index in [1.54, 1.807) is 0 Å². The molecule has 0 aliphatic heterocycles. The van der Waals surface area contributed by atoms with E-state index in [0.29, 0.717) is 11.4 Å². The van der Waals surface area contributed by atoms with Gasteiger partial charge in [-0.3, -0.25) is 4.79 Å². The topological polar surface area (TPSA) is 55.1 Å². The summed E-state index contributed by atoms with van der Waals surface area (Å²) in [5, 5.41) is 3.00. The number of carbonyl (C=O) groups excluding carboxylic acids is 1. The van der Waals surface area contributed by atoms with Gasteiger partial charge in [0.25, 0.3) is 5.91 Å². The number of rotatable bonds is 4. The van der Waals surface area contributed by atoms with Crippen molar-refractivity contribution in [3.05, 3.63) is 21.9 Å². The SMILES string of the molecule is CCC(CC)NC(=O)c1ccc(C#CCN)s1. The third-order valence-electron chi connectivity index (χ3n) is 2.46. The maximum atomic E-state index is 11.9. The van der Waals surface area contributed by atoms with Gasteiger partial charge < -0.3 is 11.1 Å². The fourth-order valence-corrected chi connectivity index (χ4v) is 2.20. The van der Waals surface area contributed by atoms with Gasteiger partial charge in [0.15, 0.2) is 0 Å². The molecule has 0 unspecified atom stereocenters. The first-order valence-electron chi connectivity index (χ1n) is 5.80. The third kappa shape index (κ3) is 4.22. The Morgan fingerprint density at radius 3 is 2.76 bits per heavy atom. The lowest BCUT2D eigenvalue weighted by Gasteiger charge is -2.13. The lowest BCUT2D eigenvalue weighted by Crippen LogP contribution is -2.33. The van der Waals surface area contributed by atoms with E-state index in [1.807, 2.05) is 12.1 Å². The van der Waals surface area contributed by atoms with Gasteiger partial charge in [-0.25, -0.2) is 0 Å². The zero-order chi connectivity index (χ0) is 12.7. The minimum Gasteiger partial charge on any atom is -0.349 e. The van der Waals surface area contributed by atoms with Crippen LogP contribution in [-0.4, -0.2) is 18.5 Å². The van der Waals surface area contributed by atoms with Crippen molar-refractivity contribution >= 4 is 17.2 Å². The molecule has 0 atom stereocenters. The molecule has 1 amide bonds. The Hall–Kier alpha value is -1.31. The maximum absolute atomic E-state index is 11.9. The molecule has 3 nitrogen and oxygen atoms in total. The van der Waals surface area contributed by atoms with E-state index in [2.05, 4.69) is 31.0 Å². The van der Waals surface area contributed by atoms with Gasteiger partial charge in [0.1, 0.15) is 0 Å². The maximum Gasteiger partial charge on any atom is 0.261 e. The third-order valence-corrected chi connectivity index (χ3v) is 3.46. The Morgan fingerprint density at radius 1 is 1.47 bits per heavy atom. The van der Waals surface area contributed by atoms with Gasteiger partial charge in [0.05, 0.1) is 16.3 Å². The van der Waals surface area contributed by atoms with Crippen LogP contribution >= 0.6 is 11.3 Å². The first-order chi connectivity index (χ1) is 8.21. The number of thiophene rings is 1. The summed E-state index contributed by atoms with van der Waals surface area (Å²) < 4.78 is 0. The van der Waals surface area contributed by atoms with Crippen molar-refractivity contribution in [1.82, 2.24) is 5.32 Å². The molecule has 92 valence electrons. The molecule has 0 saturated heterocycles. The predicted octanol–water partition coefficient (Wildman–Crippen LogP) is 1.98. The van der Waals surface area contributed by atoms with Crippen molar-refractivity contribution in [2.75, 3.05) is 6.54 Å². The molecule has 1 aromatic rings. The van der Waals surface area contributed by atoms with Crippen LogP contribution in [0, 0.1) is 11.8 Å². The van der Waals surface area contributed by atoms with Crippen molar-refractivity contribution in [3.63, 3.8) is 0 Å². The van der Waals surface area contributed by atoms with Gasteiger partial charge >= 0.3 is 0 Å². The smallest absolute Gasteiger partial charge is 0.261 e. The molecule has 0 radical (unpaired) electrons. The molecule has 0 saturated carbocycles. The van der Waals surface area contributed by atoms with Crippen molar-refractivity contribution in [3.8, 4) is 11.8 Å². The summed E-state index contributed by atoms with van der Waals surface area (Å²) in [5.74, 6) is 5.69. The molecule has 0 spiro atoms. The van der Waals surface area contributed by atoms with Crippen LogP contribution in [0.5, 0.6) is 0 Å². The van der Waals surface area contributed by atoms with Gasteiger partial charge in [0, 0.05) is 6.04 Å². The molecule has 0 aromatic carbocycles. The second kappa shape index (κ2) is 7.10. The Kier molecular flexibility index (Phi) is 5.75. The van der Waals surface area contributed by atoms with Gasteiger partial charge in [-0.2, -0.15) is 0 Å². The summed E-state index contributed by atoms with van der Waals surface area (Å²) in [5.41, 5.74) is 5.30. The van der Waals surface area contributed by atoms with Crippen molar-refractivity contribution < 1.29 is 4.79 Å². The lowest BCUT2D eigenvalue weighted by atomic mass is 10.2. The van der Waals surface area contributed by atoms with E-state index in [1.165, 1.54) is 11.3 Å². The van der Waals surface area contributed by atoms with Gasteiger partial charge in [-0.05, 0) is 25.0 Å². The lowest BCUT2D eigenvalue weighted by molar-refractivity contribution is 0.0939. The van der Waals surface area contributed by atoms with Crippen LogP contribution in [0.2, 0.25) is 0 Å². The Morgan fingerprint density at radius 2 is 2.18 bits per heavy atom. The molecular weight excluding hydrogens is 232 g/mol. The highest BCUT2D eigenvalue weighted by molar-refractivity contribution is 7.14. The number of nitrogens with one attached hydrogen (secondary N) is 1. The van der Waals surface area contributed by atoms with Gasteiger partial charge in [-0.1, -0.05) is 25.7 Å². The molecule has 1 rings (SSSR count). The molecule has 0 fully saturated rings. The fraction of sp³-hybridized carbons (Fsp3) is 0.462. The monoisotopic (exact) mass is 250 g/mol. The number of amides is 1. The van der Waals surface area contributed by atoms with Crippen molar-refractivity contribution in [2.24, 2.45) is 5.73 Å². The average molecular weight is 250 g/mol. The highest BCUT2D eigenvalue weighted by Gasteiger charge is 2.12. The Bertz CT molecular complexity index is 424. The number of hydrogen-bond donors (Lipinski definition) is 2. The highest BCUT2D eigenvalue weighted by Crippen LogP contribution is 2.15. The van der Waals surface area contributed by atoms with E-state index in [9.17, 15) is 4.79 Å². The standard InChI is InChI=1S/C13H18N2OS/c1-3-10(4-2)15-13(16)12-8-7-11(17-12)6-5-9-14/h7-8,10H,3-4,9,14H2,1-2H3,(H,15,16). The van der Waals surface area contributed by atoms with Crippen molar-refractivity contribution in [1.29, 1.82) is 0 Å². The second-order valence-electron chi connectivity index (χ2n) is 3.66. The highest BCUT2D eigenvalue weighted by atomic mass is 32.1. The predicted molar refractivity (Wildman–Crippen MR) is 72.1 cm³/mol. The Labute approximate surface area is 106 Å². The van der Waals surface area contributed by atoms with Crippen LogP contribution in [0.3, 0.4) is 0 Å². The molecule has 4 heteroatoms. The van der Waals surface area contributed by atoms with E-state index >= 15 is 0 Å². The molecule has 0 aliphatic rings. The van der Waals surface area contributed by atoms with Crippen LogP contribution in [0.25, 0.3) is 0 Å². The average Bonchev–Trinajstić information content (AvgIpc) is 2.82. The van der Waals surface area contributed by atoms with Gasteiger partial charge in [-0.15, -0.1) is 11.3 Å². The number of carbonyl (C=O) groups is 1. The molecule has 0 bridgehead atoms. The summed E-state index contributed by atoms with van der Waals surface area (Å²) in [7, 11) is 0. The molecule has 17 heavy (non-hydrogen) atoms. The summed E-state index contributed by atoms with van der Waals surface area (Å²) in [6, 6.07) is 3.92. The van der Waals surface area contributed by atoms with Crippen LogP contribution < -0.4 is 11.1 Å². The van der Waals surface area contributed by atoms with E-state index in [0.717, 1.165) is 17.7 Å². The summed E-state index contributed by atoms with van der Waals surface area (Å²) >= 11 is 1.40.